The number of nitrogens with zero attached hydrogens (tertiary/aromatic N) is 3. The maximum absolute atomic E-state index is 5.84. The SMILES string of the molecule is Cc1cc(CCl)nc(-c2ccc3ccccc3n2)n1. The molecule has 0 aliphatic heterocycles. The molecule has 19 heavy (non-hydrogen) atoms. The third-order valence-electron chi connectivity index (χ3n) is 2.87. The van der Waals surface area contributed by atoms with Gasteiger partial charge in [-0.25, -0.2) is 15.0 Å². The van der Waals surface area contributed by atoms with Crippen molar-refractivity contribution >= 4 is 22.5 Å². The highest BCUT2D eigenvalue weighted by Gasteiger charge is 2.06. The minimum atomic E-state index is 0.379. The van der Waals surface area contributed by atoms with Crippen LogP contribution in [-0.2, 0) is 5.88 Å². The van der Waals surface area contributed by atoms with Crippen LogP contribution in [0.15, 0.2) is 42.5 Å². The van der Waals surface area contributed by atoms with Crippen LogP contribution >= 0.6 is 11.6 Å². The number of fused-ring (bicyclic) bond motifs is 1. The number of hydrogen-bond acceptors (Lipinski definition) is 3. The number of benzene rings is 1. The lowest BCUT2D eigenvalue weighted by Crippen LogP contribution is -1.98. The van der Waals surface area contributed by atoms with E-state index in [4.69, 9.17) is 11.6 Å². The molecule has 0 spiro atoms. The Labute approximate surface area is 116 Å². The standard InChI is InChI=1S/C15H12ClN3/c1-10-8-12(9-16)18-15(17-10)14-7-6-11-4-2-3-5-13(11)19-14/h2-8H,9H2,1H3. The first kappa shape index (κ1) is 12.1. The van der Waals surface area contributed by atoms with Crippen LogP contribution in [0, 0.1) is 6.92 Å². The number of rotatable bonds is 2. The van der Waals surface area contributed by atoms with Crippen LogP contribution in [0.5, 0.6) is 0 Å². The molecule has 2 heterocycles. The third-order valence-corrected chi connectivity index (χ3v) is 3.15. The van der Waals surface area contributed by atoms with Crippen molar-refractivity contribution < 1.29 is 0 Å². The van der Waals surface area contributed by atoms with Gasteiger partial charge in [-0.2, -0.15) is 0 Å². The predicted molar refractivity (Wildman–Crippen MR) is 77.1 cm³/mol. The summed E-state index contributed by atoms with van der Waals surface area (Å²) in [5, 5.41) is 1.11. The molecule has 0 radical (unpaired) electrons. The fourth-order valence-corrected chi connectivity index (χ4v) is 2.14. The second-order valence-corrected chi connectivity index (χ2v) is 4.61. The number of aromatic nitrogens is 3. The normalized spacial score (nSPS) is 10.8. The summed E-state index contributed by atoms with van der Waals surface area (Å²) in [5.41, 5.74) is 3.43. The van der Waals surface area contributed by atoms with Crippen LogP contribution < -0.4 is 0 Å². The molecule has 0 unspecified atom stereocenters. The van der Waals surface area contributed by atoms with Gasteiger partial charge in [-0.15, -0.1) is 11.6 Å². The molecule has 0 amide bonds. The fraction of sp³-hybridized carbons (Fsp3) is 0.133. The number of hydrogen-bond donors (Lipinski definition) is 0. The van der Waals surface area contributed by atoms with Crippen LogP contribution in [0.2, 0.25) is 0 Å². The average molecular weight is 270 g/mol. The number of para-hydroxylation sites is 1. The second kappa shape index (κ2) is 4.94. The van der Waals surface area contributed by atoms with Crippen molar-refractivity contribution in [1.29, 1.82) is 0 Å². The first-order chi connectivity index (χ1) is 9.26. The maximum atomic E-state index is 5.84. The van der Waals surface area contributed by atoms with Crippen molar-refractivity contribution in [3.05, 3.63) is 53.9 Å². The summed E-state index contributed by atoms with van der Waals surface area (Å²) < 4.78 is 0. The Bertz CT molecular complexity index is 740. The Morgan fingerprint density at radius 3 is 2.68 bits per heavy atom. The molecule has 2 aromatic heterocycles. The number of aryl methyl sites for hydroxylation is 1. The zero-order valence-corrected chi connectivity index (χ0v) is 11.2. The highest BCUT2D eigenvalue weighted by Crippen LogP contribution is 2.19. The molecule has 0 aliphatic carbocycles. The largest absolute Gasteiger partial charge is 0.244 e. The van der Waals surface area contributed by atoms with Gasteiger partial charge in [-0.1, -0.05) is 24.3 Å². The van der Waals surface area contributed by atoms with Gasteiger partial charge in [0.25, 0.3) is 0 Å². The molecule has 94 valence electrons. The lowest BCUT2D eigenvalue weighted by molar-refractivity contribution is 1.04. The molecule has 0 atom stereocenters. The Balaban J connectivity index is 2.15. The van der Waals surface area contributed by atoms with Crippen LogP contribution in [-0.4, -0.2) is 15.0 Å². The zero-order valence-electron chi connectivity index (χ0n) is 10.5. The highest BCUT2D eigenvalue weighted by molar-refractivity contribution is 6.16. The van der Waals surface area contributed by atoms with Crippen molar-refractivity contribution in [3.63, 3.8) is 0 Å². The van der Waals surface area contributed by atoms with Crippen molar-refractivity contribution in [2.45, 2.75) is 12.8 Å². The smallest absolute Gasteiger partial charge is 0.178 e. The van der Waals surface area contributed by atoms with E-state index in [2.05, 4.69) is 15.0 Å². The maximum Gasteiger partial charge on any atom is 0.178 e. The van der Waals surface area contributed by atoms with Crippen LogP contribution in [0.1, 0.15) is 11.4 Å². The van der Waals surface area contributed by atoms with Crippen molar-refractivity contribution in [1.82, 2.24) is 15.0 Å². The van der Waals surface area contributed by atoms with Crippen molar-refractivity contribution in [2.24, 2.45) is 0 Å². The lowest BCUT2D eigenvalue weighted by Gasteiger charge is -2.05. The molecular weight excluding hydrogens is 258 g/mol. The van der Waals surface area contributed by atoms with Crippen molar-refractivity contribution in [2.75, 3.05) is 0 Å². The Kier molecular flexibility index (Phi) is 3.13. The van der Waals surface area contributed by atoms with Crippen LogP contribution in [0.25, 0.3) is 22.4 Å². The monoisotopic (exact) mass is 269 g/mol. The van der Waals surface area contributed by atoms with E-state index in [1.165, 1.54) is 0 Å². The zero-order chi connectivity index (χ0) is 13.2. The number of alkyl halides is 1. The van der Waals surface area contributed by atoms with E-state index in [1.807, 2.05) is 49.4 Å². The van der Waals surface area contributed by atoms with E-state index in [9.17, 15) is 0 Å². The van der Waals surface area contributed by atoms with Gasteiger partial charge in [0, 0.05) is 11.1 Å². The summed E-state index contributed by atoms with van der Waals surface area (Å²) in [6.45, 7) is 1.93. The van der Waals surface area contributed by atoms with Gasteiger partial charge in [-0.05, 0) is 25.1 Å². The first-order valence-electron chi connectivity index (χ1n) is 6.03. The Morgan fingerprint density at radius 2 is 1.84 bits per heavy atom. The van der Waals surface area contributed by atoms with Crippen LogP contribution in [0.4, 0.5) is 0 Å². The second-order valence-electron chi connectivity index (χ2n) is 4.35. The Hall–Kier alpha value is -2.00. The van der Waals surface area contributed by atoms with E-state index in [1.54, 1.807) is 0 Å². The van der Waals surface area contributed by atoms with Gasteiger partial charge >= 0.3 is 0 Å². The van der Waals surface area contributed by atoms with Gasteiger partial charge in [-0.3, -0.25) is 0 Å². The minimum absolute atomic E-state index is 0.379. The van der Waals surface area contributed by atoms with Gasteiger partial charge in [0.2, 0.25) is 0 Å². The lowest BCUT2D eigenvalue weighted by atomic mass is 10.2. The summed E-state index contributed by atoms with van der Waals surface area (Å²) in [4.78, 5) is 13.4. The molecule has 0 aliphatic rings. The first-order valence-corrected chi connectivity index (χ1v) is 6.56. The van der Waals surface area contributed by atoms with Gasteiger partial charge in [0.05, 0.1) is 17.1 Å². The molecule has 3 aromatic rings. The van der Waals surface area contributed by atoms with Gasteiger partial charge < -0.3 is 0 Å². The topological polar surface area (TPSA) is 38.7 Å². The number of halogens is 1. The van der Waals surface area contributed by atoms with Gasteiger partial charge in [0.15, 0.2) is 5.82 Å². The van der Waals surface area contributed by atoms with E-state index < -0.39 is 0 Å². The van der Waals surface area contributed by atoms with E-state index in [-0.39, 0.29) is 0 Å². The Morgan fingerprint density at radius 1 is 1.00 bits per heavy atom. The molecule has 1 aromatic carbocycles. The molecule has 0 N–H and O–H groups in total. The van der Waals surface area contributed by atoms with E-state index in [0.717, 1.165) is 28.0 Å². The van der Waals surface area contributed by atoms with E-state index in [0.29, 0.717) is 11.7 Å². The predicted octanol–water partition coefficient (Wildman–Crippen LogP) is 3.74. The van der Waals surface area contributed by atoms with E-state index >= 15 is 0 Å². The summed E-state index contributed by atoms with van der Waals surface area (Å²) in [5.74, 6) is 1.01. The minimum Gasteiger partial charge on any atom is -0.244 e. The highest BCUT2D eigenvalue weighted by atomic mass is 35.5. The van der Waals surface area contributed by atoms with Crippen molar-refractivity contribution in [3.8, 4) is 11.5 Å². The summed E-state index contributed by atoms with van der Waals surface area (Å²) in [6, 6.07) is 13.8. The molecule has 3 nitrogen and oxygen atoms in total. The molecule has 0 saturated heterocycles. The van der Waals surface area contributed by atoms with Crippen LogP contribution in [0.3, 0.4) is 0 Å². The summed E-state index contributed by atoms with van der Waals surface area (Å²) in [7, 11) is 0. The number of pyridine rings is 1. The molecular formula is C15H12ClN3. The average Bonchev–Trinajstić information content (AvgIpc) is 2.46. The molecule has 0 bridgehead atoms. The quantitative estimate of drug-likeness (QED) is 0.665. The third kappa shape index (κ3) is 2.42. The summed E-state index contributed by atoms with van der Waals surface area (Å²) in [6.07, 6.45) is 0. The summed E-state index contributed by atoms with van der Waals surface area (Å²) >= 11 is 5.84. The fourth-order valence-electron chi connectivity index (χ4n) is 2.01. The molecule has 3 rings (SSSR count). The molecule has 0 saturated carbocycles. The molecule has 4 heteroatoms. The molecule has 0 fully saturated rings. The van der Waals surface area contributed by atoms with Gasteiger partial charge in [0.1, 0.15) is 5.69 Å².